The van der Waals surface area contributed by atoms with Crippen LogP contribution in [-0.4, -0.2) is 60.0 Å². The Morgan fingerprint density at radius 1 is 0.622 bits per heavy atom. The molecule has 1 aliphatic rings. The third-order valence-corrected chi connectivity index (χ3v) is 6.88. The molecule has 6 heteroatoms. The van der Waals surface area contributed by atoms with E-state index in [1.165, 1.54) is 11.1 Å². The topological polar surface area (TPSA) is 59.1 Å². The fraction of sp³-hybridized carbons (Fsp3) is 0.548. The highest BCUT2D eigenvalue weighted by Gasteiger charge is 2.28. The maximum absolute atomic E-state index is 13.1. The summed E-state index contributed by atoms with van der Waals surface area (Å²) in [5, 5.41) is 0. The second-order valence-corrected chi connectivity index (χ2v) is 12.1. The van der Waals surface area contributed by atoms with Gasteiger partial charge in [-0.1, -0.05) is 65.8 Å². The van der Waals surface area contributed by atoms with Crippen LogP contribution in [0.1, 0.15) is 72.9 Å². The van der Waals surface area contributed by atoms with Gasteiger partial charge in [-0.2, -0.15) is 0 Å². The lowest BCUT2D eigenvalue weighted by molar-refractivity contribution is -0.140. The van der Waals surface area contributed by atoms with E-state index in [1.807, 2.05) is 48.5 Å². The van der Waals surface area contributed by atoms with Crippen LogP contribution in [0.2, 0.25) is 0 Å². The van der Waals surface area contributed by atoms with Crippen molar-refractivity contribution in [1.29, 1.82) is 0 Å². The first kappa shape index (κ1) is 28.5. The molecule has 3 rings (SSSR count). The molecule has 0 radical (unpaired) electrons. The lowest BCUT2D eigenvalue weighted by Gasteiger charge is -2.26. The first-order chi connectivity index (χ1) is 17.3. The molecule has 2 unspecified atom stereocenters. The molecular weight excluding hydrogens is 464 g/mol. The second-order valence-electron chi connectivity index (χ2n) is 12.1. The van der Waals surface area contributed by atoms with Gasteiger partial charge in [-0.25, -0.2) is 0 Å². The smallest absolute Gasteiger partial charge is 0.263 e. The average Bonchev–Trinajstić information content (AvgIpc) is 3.09. The van der Waals surface area contributed by atoms with Gasteiger partial charge in [0.15, 0.2) is 12.2 Å². The molecule has 0 saturated carbocycles. The summed E-state index contributed by atoms with van der Waals surface area (Å²) in [4.78, 5) is 29.8. The van der Waals surface area contributed by atoms with Crippen LogP contribution in [0.3, 0.4) is 0 Å². The van der Waals surface area contributed by atoms with Crippen LogP contribution < -0.4 is 9.47 Å². The molecule has 1 heterocycles. The largest absolute Gasteiger partial charge is 0.481 e. The number of carbonyl (C=O) groups excluding carboxylic acids is 2. The molecule has 0 N–H and O–H groups in total. The third kappa shape index (κ3) is 7.73. The van der Waals surface area contributed by atoms with E-state index in [9.17, 15) is 9.59 Å². The summed E-state index contributed by atoms with van der Waals surface area (Å²) < 4.78 is 11.9. The first-order valence-electron chi connectivity index (χ1n) is 13.4. The van der Waals surface area contributed by atoms with Gasteiger partial charge in [-0.15, -0.1) is 0 Å². The SMILES string of the molecule is CC(Oc1ccc(C(C)(C)C)cc1)C(=O)N1CCCN(C(=O)C(C)Oc2ccc(C(C)(C)C)cc2)CC1. The number of ether oxygens (including phenoxy) is 2. The van der Waals surface area contributed by atoms with Crippen LogP contribution in [0.15, 0.2) is 48.5 Å². The van der Waals surface area contributed by atoms with Crippen molar-refractivity contribution in [2.45, 2.75) is 84.8 Å². The number of hydrogen-bond donors (Lipinski definition) is 0. The van der Waals surface area contributed by atoms with Crippen LogP contribution in [0.5, 0.6) is 11.5 Å². The molecule has 37 heavy (non-hydrogen) atoms. The zero-order valence-electron chi connectivity index (χ0n) is 23.8. The maximum atomic E-state index is 13.1. The number of benzene rings is 2. The minimum Gasteiger partial charge on any atom is -0.481 e. The monoisotopic (exact) mass is 508 g/mol. The zero-order valence-corrected chi connectivity index (χ0v) is 23.8. The van der Waals surface area contributed by atoms with Gasteiger partial charge >= 0.3 is 0 Å². The average molecular weight is 509 g/mol. The Morgan fingerprint density at radius 3 is 1.24 bits per heavy atom. The minimum absolute atomic E-state index is 0.0579. The van der Waals surface area contributed by atoms with E-state index in [2.05, 4.69) is 41.5 Å². The van der Waals surface area contributed by atoms with E-state index in [-0.39, 0.29) is 22.6 Å². The summed E-state index contributed by atoms with van der Waals surface area (Å²) in [6.45, 7) is 18.7. The van der Waals surface area contributed by atoms with Gasteiger partial charge < -0.3 is 19.3 Å². The summed E-state index contributed by atoms with van der Waals surface area (Å²) in [7, 11) is 0. The normalized spacial score (nSPS) is 16.5. The van der Waals surface area contributed by atoms with Crippen molar-refractivity contribution < 1.29 is 19.1 Å². The number of hydrogen-bond acceptors (Lipinski definition) is 4. The van der Waals surface area contributed by atoms with Crippen molar-refractivity contribution in [3.05, 3.63) is 59.7 Å². The minimum atomic E-state index is -0.596. The summed E-state index contributed by atoms with van der Waals surface area (Å²) in [5.41, 5.74) is 2.57. The predicted octanol–water partition coefficient (Wildman–Crippen LogP) is 5.58. The molecule has 2 atom stereocenters. The van der Waals surface area contributed by atoms with Crippen molar-refractivity contribution in [1.82, 2.24) is 9.80 Å². The molecule has 2 aromatic carbocycles. The van der Waals surface area contributed by atoms with E-state index in [1.54, 1.807) is 23.6 Å². The Bertz CT molecular complexity index is 963. The predicted molar refractivity (Wildman–Crippen MR) is 148 cm³/mol. The van der Waals surface area contributed by atoms with E-state index < -0.39 is 12.2 Å². The van der Waals surface area contributed by atoms with E-state index in [4.69, 9.17) is 9.47 Å². The van der Waals surface area contributed by atoms with Crippen LogP contribution >= 0.6 is 0 Å². The number of nitrogens with zero attached hydrogens (tertiary/aromatic N) is 2. The van der Waals surface area contributed by atoms with E-state index >= 15 is 0 Å². The van der Waals surface area contributed by atoms with Crippen molar-refractivity contribution >= 4 is 11.8 Å². The van der Waals surface area contributed by atoms with Gasteiger partial charge in [-0.05, 0) is 66.5 Å². The van der Waals surface area contributed by atoms with Gasteiger partial charge in [0.2, 0.25) is 0 Å². The van der Waals surface area contributed by atoms with Crippen molar-refractivity contribution in [2.75, 3.05) is 26.2 Å². The Labute approximate surface area is 222 Å². The van der Waals surface area contributed by atoms with Crippen LogP contribution in [0, 0.1) is 0 Å². The molecule has 6 nitrogen and oxygen atoms in total. The van der Waals surface area contributed by atoms with Gasteiger partial charge in [0, 0.05) is 26.2 Å². The van der Waals surface area contributed by atoms with Gasteiger partial charge in [0.05, 0.1) is 0 Å². The van der Waals surface area contributed by atoms with E-state index in [0.717, 1.165) is 6.42 Å². The van der Waals surface area contributed by atoms with Crippen molar-refractivity contribution in [3.8, 4) is 11.5 Å². The molecule has 0 aliphatic carbocycles. The van der Waals surface area contributed by atoms with Crippen LogP contribution in [-0.2, 0) is 20.4 Å². The fourth-order valence-electron chi connectivity index (χ4n) is 4.45. The summed E-state index contributed by atoms with van der Waals surface area (Å²) >= 11 is 0. The highest BCUT2D eigenvalue weighted by Crippen LogP contribution is 2.26. The highest BCUT2D eigenvalue weighted by molar-refractivity contribution is 5.82. The van der Waals surface area contributed by atoms with Crippen LogP contribution in [0.4, 0.5) is 0 Å². The standard InChI is InChI=1S/C31H44N2O4/c1-22(36-26-14-10-24(11-15-26)30(3,4)5)28(34)32-18-9-19-33(21-20-32)29(35)23(2)37-27-16-12-25(13-17-27)31(6,7)8/h10-17,22-23H,9,18-21H2,1-8H3. The fourth-order valence-corrected chi connectivity index (χ4v) is 4.45. The Hall–Kier alpha value is -3.02. The Balaban J connectivity index is 1.52. The molecule has 202 valence electrons. The summed E-state index contributed by atoms with van der Waals surface area (Å²) in [5.74, 6) is 1.25. The molecule has 1 fully saturated rings. The van der Waals surface area contributed by atoms with Crippen LogP contribution in [0.25, 0.3) is 0 Å². The molecule has 2 amide bonds. The van der Waals surface area contributed by atoms with Gasteiger partial charge in [0.25, 0.3) is 11.8 Å². The van der Waals surface area contributed by atoms with Crippen molar-refractivity contribution in [2.24, 2.45) is 0 Å². The lowest BCUT2D eigenvalue weighted by atomic mass is 9.87. The molecule has 1 aliphatic heterocycles. The van der Waals surface area contributed by atoms with Gasteiger partial charge in [-0.3, -0.25) is 9.59 Å². The van der Waals surface area contributed by atoms with Gasteiger partial charge in [0.1, 0.15) is 11.5 Å². The Morgan fingerprint density at radius 2 is 0.946 bits per heavy atom. The lowest BCUT2D eigenvalue weighted by Crippen LogP contribution is -2.45. The maximum Gasteiger partial charge on any atom is 0.263 e. The molecular formula is C31H44N2O4. The highest BCUT2D eigenvalue weighted by atomic mass is 16.5. The second kappa shape index (κ2) is 11.6. The molecule has 1 saturated heterocycles. The molecule has 0 bridgehead atoms. The number of carbonyl (C=O) groups is 2. The third-order valence-electron chi connectivity index (χ3n) is 6.88. The van der Waals surface area contributed by atoms with E-state index in [0.29, 0.717) is 37.7 Å². The summed E-state index contributed by atoms with van der Waals surface area (Å²) in [6.07, 6.45) is -0.473. The first-order valence-corrected chi connectivity index (χ1v) is 13.4. The quantitative estimate of drug-likeness (QED) is 0.511. The number of amides is 2. The molecule has 2 aromatic rings. The number of rotatable bonds is 6. The van der Waals surface area contributed by atoms with Crippen molar-refractivity contribution in [3.63, 3.8) is 0 Å². The Kier molecular flexibility index (Phi) is 8.93. The molecule has 0 spiro atoms. The molecule has 0 aromatic heterocycles. The summed E-state index contributed by atoms with van der Waals surface area (Å²) in [6, 6.07) is 15.9. The zero-order chi connectivity index (χ0) is 27.4.